The highest BCUT2D eigenvalue weighted by Gasteiger charge is 2.20. The van der Waals surface area contributed by atoms with Crippen LogP contribution in [0.1, 0.15) is 37.8 Å². The van der Waals surface area contributed by atoms with Gasteiger partial charge in [-0.25, -0.2) is 4.39 Å². The predicted molar refractivity (Wildman–Crippen MR) is 65.4 cm³/mol. The maximum atomic E-state index is 13.2. The molecule has 0 fully saturated rings. The molecular formula is C13H20FNO2. The van der Waals surface area contributed by atoms with Crippen LogP contribution in [0, 0.1) is 5.82 Å². The van der Waals surface area contributed by atoms with E-state index in [-0.39, 0.29) is 5.82 Å². The Balaban J connectivity index is 2.86. The smallest absolute Gasteiger partial charge is 0.123 e. The van der Waals surface area contributed by atoms with Crippen LogP contribution in [0.5, 0.6) is 5.75 Å². The molecule has 0 aliphatic rings. The lowest BCUT2D eigenvalue weighted by atomic mass is 9.97. The van der Waals surface area contributed by atoms with Gasteiger partial charge in [-0.3, -0.25) is 0 Å². The largest absolute Gasteiger partial charge is 0.496 e. The summed E-state index contributed by atoms with van der Waals surface area (Å²) in [5.74, 6) is 0.133. The van der Waals surface area contributed by atoms with Gasteiger partial charge in [0.15, 0.2) is 0 Å². The van der Waals surface area contributed by atoms with Crippen LogP contribution >= 0.6 is 0 Å². The van der Waals surface area contributed by atoms with Gasteiger partial charge in [-0.05, 0) is 24.6 Å². The molecule has 0 aliphatic heterocycles. The van der Waals surface area contributed by atoms with Gasteiger partial charge >= 0.3 is 0 Å². The molecule has 0 aliphatic carbocycles. The van der Waals surface area contributed by atoms with E-state index in [1.807, 2.05) is 6.92 Å². The van der Waals surface area contributed by atoms with E-state index in [1.54, 1.807) is 0 Å². The van der Waals surface area contributed by atoms with E-state index in [4.69, 9.17) is 10.5 Å². The van der Waals surface area contributed by atoms with Crippen LogP contribution in [0.2, 0.25) is 0 Å². The molecule has 2 atom stereocenters. The zero-order valence-corrected chi connectivity index (χ0v) is 10.3. The third kappa shape index (κ3) is 3.68. The number of hydrogen-bond acceptors (Lipinski definition) is 3. The van der Waals surface area contributed by atoms with Gasteiger partial charge < -0.3 is 15.6 Å². The summed E-state index contributed by atoms with van der Waals surface area (Å²) in [4.78, 5) is 0. The highest BCUT2D eigenvalue weighted by Crippen LogP contribution is 2.28. The first-order valence-corrected chi connectivity index (χ1v) is 5.87. The number of aliphatic hydroxyl groups is 1. The van der Waals surface area contributed by atoms with Crippen LogP contribution in [-0.4, -0.2) is 18.3 Å². The van der Waals surface area contributed by atoms with Gasteiger partial charge in [-0.2, -0.15) is 0 Å². The van der Waals surface area contributed by atoms with Gasteiger partial charge in [0.25, 0.3) is 0 Å². The van der Waals surface area contributed by atoms with Crippen LogP contribution in [0.25, 0.3) is 0 Å². The highest BCUT2D eigenvalue weighted by molar-refractivity contribution is 5.36. The fraction of sp³-hybridized carbons (Fsp3) is 0.538. The van der Waals surface area contributed by atoms with Crippen molar-refractivity contribution in [3.05, 3.63) is 29.6 Å². The molecular weight excluding hydrogens is 221 g/mol. The summed E-state index contributed by atoms with van der Waals surface area (Å²) in [6.45, 7) is 2.04. The van der Waals surface area contributed by atoms with E-state index in [1.165, 1.54) is 25.3 Å². The lowest BCUT2D eigenvalue weighted by molar-refractivity contribution is 0.131. The molecule has 0 saturated carbocycles. The Labute approximate surface area is 101 Å². The van der Waals surface area contributed by atoms with Gasteiger partial charge in [-0.15, -0.1) is 0 Å². The third-order valence-corrected chi connectivity index (χ3v) is 2.82. The molecule has 0 unspecified atom stereocenters. The molecule has 0 radical (unpaired) electrons. The number of hydrogen-bond donors (Lipinski definition) is 2. The maximum Gasteiger partial charge on any atom is 0.123 e. The van der Waals surface area contributed by atoms with Crippen molar-refractivity contribution in [2.24, 2.45) is 5.73 Å². The Hall–Kier alpha value is -1.13. The minimum atomic E-state index is -0.675. The molecule has 1 aromatic carbocycles. The lowest BCUT2D eigenvalue weighted by Crippen LogP contribution is -2.26. The van der Waals surface area contributed by atoms with Crippen LogP contribution in [0.3, 0.4) is 0 Å². The molecule has 17 heavy (non-hydrogen) atoms. The first-order chi connectivity index (χ1) is 8.10. The summed E-state index contributed by atoms with van der Waals surface area (Å²) in [5.41, 5.74) is 6.44. The Morgan fingerprint density at radius 2 is 2.18 bits per heavy atom. The zero-order chi connectivity index (χ0) is 12.8. The summed E-state index contributed by atoms with van der Waals surface area (Å²) >= 11 is 0. The number of unbranched alkanes of at least 4 members (excludes halogenated alkanes) is 1. The van der Waals surface area contributed by atoms with Gasteiger partial charge in [-0.1, -0.05) is 19.8 Å². The molecule has 3 N–H and O–H groups in total. The van der Waals surface area contributed by atoms with Crippen molar-refractivity contribution in [2.75, 3.05) is 7.11 Å². The van der Waals surface area contributed by atoms with Crippen molar-refractivity contribution in [1.29, 1.82) is 0 Å². The van der Waals surface area contributed by atoms with E-state index in [0.717, 1.165) is 12.8 Å². The average molecular weight is 241 g/mol. The Morgan fingerprint density at radius 1 is 1.47 bits per heavy atom. The Bertz CT molecular complexity index is 357. The van der Waals surface area contributed by atoms with Crippen LogP contribution in [0.15, 0.2) is 18.2 Å². The fourth-order valence-electron chi connectivity index (χ4n) is 1.77. The van der Waals surface area contributed by atoms with Crippen molar-refractivity contribution in [1.82, 2.24) is 0 Å². The second kappa shape index (κ2) is 6.57. The monoisotopic (exact) mass is 241 g/mol. The van der Waals surface area contributed by atoms with Crippen molar-refractivity contribution in [3.63, 3.8) is 0 Å². The number of benzene rings is 1. The van der Waals surface area contributed by atoms with E-state index in [2.05, 4.69) is 0 Å². The Morgan fingerprint density at radius 3 is 2.76 bits per heavy atom. The lowest BCUT2D eigenvalue weighted by Gasteiger charge is -2.21. The second-order valence-electron chi connectivity index (χ2n) is 4.12. The van der Waals surface area contributed by atoms with Gasteiger partial charge in [0, 0.05) is 5.56 Å². The molecule has 0 bridgehead atoms. The highest BCUT2D eigenvalue weighted by atomic mass is 19.1. The van der Waals surface area contributed by atoms with Crippen molar-refractivity contribution in [2.45, 2.75) is 38.3 Å². The topological polar surface area (TPSA) is 55.5 Å². The minimum Gasteiger partial charge on any atom is -0.496 e. The van der Waals surface area contributed by atoms with E-state index in [0.29, 0.717) is 17.7 Å². The number of nitrogens with two attached hydrogens (primary N) is 1. The third-order valence-electron chi connectivity index (χ3n) is 2.82. The summed E-state index contributed by atoms with van der Waals surface area (Å²) in [5, 5.41) is 9.91. The fourth-order valence-corrected chi connectivity index (χ4v) is 1.77. The molecule has 0 spiro atoms. The second-order valence-corrected chi connectivity index (χ2v) is 4.12. The van der Waals surface area contributed by atoms with Crippen LogP contribution < -0.4 is 10.5 Å². The summed E-state index contributed by atoms with van der Waals surface area (Å²) in [6.07, 6.45) is 1.82. The zero-order valence-electron chi connectivity index (χ0n) is 10.3. The standard InChI is InChI=1S/C13H20FNO2/c1-3-4-5-11(16)13(15)10-8-9(14)6-7-12(10)17-2/h6-8,11,13,16H,3-5,15H2,1-2H3/t11-,13+/m0/s1. The molecule has 3 nitrogen and oxygen atoms in total. The van der Waals surface area contributed by atoms with Crippen molar-refractivity contribution in [3.8, 4) is 5.75 Å². The number of halogens is 1. The van der Waals surface area contributed by atoms with Crippen molar-refractivity contribution < 1.29 is 14.2 Å². The van der Waals surface area contributed by atoms with Gasteiger partial charge in [0.05, 0.1) is 19.3 Å². The molecule has 1 rings (SSSR count). The summed E-state index contributed by atoms with van der Waals surface area (Å²) < 4.78 is 18.3. The minimum absolute atomic E-state index is 0.376. The number of aliphatic hydroxyl groups excluding tert-OH is 1. The first kappa shape index (κ1) is 13.9. The summed E-state index contributed by atoms with van der Waals surface area (Å²) in [6, 6.07) is 3.54. The van der Waals surface area contributed by atoms with Gasteiger partial charge in [0.2, 0.25) is 0 Å². The van der Waals surface area contributed by atoms with Crippen LogP contribution in [-0.2, 0) is 0 Å². The normalized spacial score (nSPS) is 14.4. The SMILES string of the molecule is CCCC[C@H](O)[C@H](N)c1cc(F)ccc1OC. The maximum absolute atomic E-state index is 13.2. The number of ether oxygens (including phenoxy) is 1. The molecule has 0 aromatic heterocycles. The molecule has 96 valence electrons. The van der Waals surface area contributed by atoms with E-state index < -0.39 is 12.1 Å². The predicted octanol–water partition coefficient (Wildman–Crippen LogP) is 2.39. The molecule has 4 heteroatoms. The van der Waals surface area contributed by atoms with E-state index >= 15 is 0 Å². The average Bonchev–Trinajstić information content (AvgIpc) is 2.34. The molecule has 0 amide bonds. The summed E-state index contributed by atoms with van der Waals surface area (Å²) in [7, 11) is 1.50. The number of methoxy groups -OCH3 is 1. The van der Waals surface area contributed by atoms with Gasteiger partial charge in [0.1, 0.15) is 11.6 Å². The number of rotatable bonds is 6. The quantitative estimate of drug-likeness (QED) is 0.804. The molecule has 0 saturated heterocycles. The van der Waals surface area contributed by atoms with E-state index in [9.17, 15) is 9.50 Å². The first-order valence-electron chi connectivity index (χ1n) is 5.87. The molecule has 1 aromatic rings. The van der Waals surface area contributed by atoms with Crippen molar-refractivity contribution >= 4 is 0 Å². The molecule has 0 heterocycles. The Kier molecular flexibility index (Phi) is 5.38. The van der Waals surface area contributed by atoms with Crippen LogP contribution in [0.4, 0.5) is 4.39 Å².